The van der Waals surface area contributed by atoms with Gasteiger partial charge in [0.25, 0.3) is 10.1 Å². The standard InChI is InChI=1S/C14H18O6S/c1-21(16,17)20-13(12-8-5-9-18-12)10-19-14(15)11-6-3-2-4-7-11/h2-4,6-7,12-13H,5,8-10H2,1H3/t12-,13+/m0/s1. The molecule has 0 saturated carbocycles. The smallest absolute Gasteiger partial charge is 0.338 e. The monoisotopic (exact) mass is 314 g/mol. The molecule has 0 aromatic heterocycles. The highest BCUT2D eigenvalue weighted by Crippen LogP contribution is 2.20. The van der Waals surface area contributed by atoms with Crippen LogP contribution >= 0.6 is 0 Å². The molecule has 0 spiro atoms. The van der Waals surface area contributed by atoms with Gasteiger partial charge in [-0.1, -0.05) is 18.2 Å². The topological polar surface area (TPSA) is 78.9 Å². The SMILES string of the molecule is CS(=O)(=O)O[C@H](COC(=O)c1ccccc1)[C@@H]1CCCO1. The van der Waals surface area contributed by atoms with E-state index in [9.17, 15) is 13.2 Å². The minimum atomic E-state index is -3.64. The maximum absolute atomic E-state index is 11.9. The zero-order chi connectivity index (χ0) is 15.3. The highest BCUT2D eigenvalue weighted by Gasteiger charge is 2.31. The molecule has 0 unspecified atom stereocenters. The van der Waals surface area contributed by atoms with Crippen molar-refractivity contribution in [1.82, 2.24) is 0 Å². The summed E-state index contributed by atoms with van der Waals surface area (Å²) in [5.74, 6) is -0.518. The highest BCUT2D eigenvalue weighted by molar-refractivity contribution is 7.86. The van der Waals surface area contributed by atoms with Crippen molar-refractivity contribution < 1.29 is 26.9 Å². The first-order valence-corrected chi connectivity index (χ1v) is 8.49. The zero-order valence-electron chi connectivity index (χ0n) is 11.7. The van der Waals surface area contributed by atoms with E-state index in [1.165, 1.54) is 0 Å². The van der Waals surface area contributed by atoms with Gasteiger partial charge in [-0.25, -0.2) is 4.79 Å². The molecule has 1 heterocycles. The van der Waals surface area contributed by atoms with Crippen molar-refractivity contribution in [1.29, 1.82) is 0 Å². The van der Waals surface area contributed by atoms with Crippen LogP contribution in [0.4, 0.5) is 0 Å². The van der Waals surface area contributed by atoms with Crippen LogP contribution in [0.3, 0.4) is 0 Å². The van der Waals surface area contributed by atoms with Crippen LogP contribution < -0.4 is 0 Å². The molecular formula is C14H18O6S. The van der Waals surface area contributed by atoms with Crippen LogP contribution in [0.5, 0.6) is 0 Å². The molecule has 1 aromatic rings. The lowest BCUT2D eigenvalue weighted by Gasteiger charge is -2.21. The number of ether oxygens (including phenoxy) is 2. The minimum absolute atomic E-state index is 0.161. The molecule has 0 amide bonds. The third-order valence-corrected chi connectivity index (χ3v) is 3.66. The summed E-state index contributed by atoms with van der Waals surface area (Å²) < 4.78 is 38.1. The van der Waals surface area contributed by atoms with Crippen molar-refractivity contribution in [2.45, 2.75) is 25.0 Å². The van der Waals surface area contributed by atoms with E-state index in [2.05, 4.69) is 0 Å². The maximum atomic E-state index is 11.9. The van der Waals surface area contributed by atoms with Crippen LogP contribution in [0, 0.1) is 0 Å². The number of carbonyl (C=O) groups excluding carboxylic acids is 1. The molecule has 0 radical (unpaired) electrons. The summed E-state index contributed by atoms with van der Waals surface area (Å²) in [4.78, 5) is 11.9. The van der Waals surface area contributed by atoms with Crippen molar-refractivity contribution in [2.75, 3.05) is 19.5 Å². The van der Waals surface area contributed by atoms with Gasteiger partial charge >= 0.3 is 5.97 Å². The van der Waals surface area contributed by atoms with E-state index < -0.39 is 22.2 Å². The fourth-order valence-electron chi connectivity index (χ4n) is 2.13. The fraction of sp³-hybridized carbons (Fsp3) is 0.500. The molecule has 2 rings (SSSR count). The first kappa shape index (κ1) is 15.9. The van der Waals surface area contributed by atoms with Gasteiger partial charge in [0.2, 0.25) is 0 Å². The summed E-state index contributed by atoms with van der Waals surface area (Å²) >= 11 is 0. The predicted octanol–water partition coefficient (Wildman–Crippen LogP) is 1.37. The second-order valence-corrected chi connectivity index (χ2v) is 6.46. The molecule has 1 saturated heterocycles. The van der Waals surface area contributed by atoms with Crippen molar-refractivity contribution in [3.63, 3.8) is 0 Å². The van der Waals surface area contributed by atoms with E-state index in [0.717, 1.165) is 12.7 Å². The van der Waals surface area contributed by atoms with Crippen LogP contribution in [0.1, 0.15) is 23.2 Å². The number of hydrogen-bond donors (Lipinski definition) is 0. The number of rotatable bonds is 6. The molecule has 6 nitrogen and oxygen atoms in total. The van der Waals surface area contributed by atoms with Gasteiger partial charge in [0.1, 0.15) is 12.7 Å². The Morgan fingerprint density at radius 2 is 2.10 bits per heavy atom. The fourth-order valence-corrected chi connectivity index (χ4v) is 2.76. The van der Waals surface area contributed by atoms with Crippen LogP contribution in [-0.2, 0) is 23.8 Å². The van der Waals surface area contributed by atoms with Crippen molar-refractivity contribution in [2.24, 2.45) is 0 Å². The molecule has 0 N–H and O–H groups in total. The normalized spacial score (nSPS) is 20.1. The predicted molar refractivity (Wildman–Crippen MR) is 75.4 cm³/mol. The molecule has 1 aromatic carbocycles. The Morgan fingerprint density at radius 1 is 1.38 bits per heavy atom. The molecule has 1 aliphatic heterocycles. The quantitative estimate of drug-likeness (QED) is 0.583. The van der Waals surface area contributed by atoms with E-state index in [1.54, 1.807) is 30.3 Å². The first-order valence-electron chi connectivity index (χ1n) is 6.68. The number of benzene rings is 1. The Bertz CT molecular complexity index is 562. The van der Waals surface area contributed by atoms with Crippen molar-refractivity contribution in [3.8, 4) is 0 Å². The van der Waals surface area contributed by atoms with Gasteiger partial charge in [-0.05, 0) is 25.0 Å². The third kappa shape index (κ3) is 5.11. The second kappa shape index (κ2) is 7.02. The Kier molecular flexibility index (Phi) is 5.33. The number of carbonyl (C=O) groups is 1. The molecule has 0 aliphatic carbocycles. The Hall–Kier alpha value is -1.44. The summed E-state index contributed by atoms with van der Waals surface area (Å²) in [5, 5.41) is 0. The third-order valence-electron chi connectivity index (χ3n) is 3.07. The summed E-state index contributed by atoms with van der Waals surface area (Å²) in [6.07, 6.45) is 1.30. The van der Waals surface area contributed by atoms with Crippen LogP contribution in [0.2, 0.25) is 0 Å². The van der Waals surface area contributed by atoms with Crippen molar-refractivity contribution in [3.05, 3.63) is 35.9 Å². The summed E-state index contributed by atoms with van der Waals surface area (Å²) in [7, 11) is -3.64. The van der Waals surface area contributed by atoms with Crippen LogP contribution in [0.25, 0.3) is 0 Å². The largest absolute Gasteiger partial charge is 0.459 e. The average molecular weight is 314 g/mol. The van der Waals surface area contributed by atoms with E-state index in [1.807, 2.05) is 0 Å². The van der Waals surface area contributed by atoms with E-state index in [-0.39, 0.29) is 12.7 Å². The average Bonchev–Trinajstić information content (AvgIpc) is 2.97. The van der Waals surface area contributed by atoms with Gasteiger partial charge in [-0.3, -0.25) is 4.18 Å². The number of esters is 1. The molecule has 1 fully saturated rings. The van der Waals surface area contributed by atoms with Gasteiger partial charge < -0.3 is 9.47 Å². The molecule has 2 atom stereocenters. The molecule has 116 valence electrons. The first-order chi connectivity index (χ1) is 9.96. The van der Waals surface area contributed by atoms with Gasteiger partial charge in [0.05, 0.1) is 17.9 Å². The van der Waals surface area contributed by atoms with Gasteiger partial charge in [0.15, 0.2) is 0 Å². The molecule has 21 heavy (non-hydrogen) atoms. The van der Waals surface area contributed by atoms with E-state index in [0.29, 0.717) is 18.6 Å². The maximum Gasteiger partial charge on any atom is 0.338 e. The van der Waals surface area contributed by atoms with Crippen LogP contribution in [0.15, 0.2) is 30.3 Å². The van der Waals surface area contributed by atoms with E-state index in [4.69, 9.17) is 13.7 Å². The lowest BCUT2D eigenvalue weighted by Crippen LogP contribution is -2.35. The summed E-state index contributed by atoms with van der Waals surface area (Å²) in [5.41, 5.74) is 0.406. The van der Waals surface area contributed by atoms with Crippen LogP contribution in [-0.4, -0.2) is 46.1 Å². The zero-order valence-corrected chi connectivity index (χ0v) is 12.5. The van der Waals surface area contributed by atoms with Gasteiger partial charge in [0, 0.05) is 6.61 Å². The van der Waals surface area contributed by atoms with Crippen molar-refractivity contribution >= 4 is 16.1 Å². The Morgan fingerprint density at radius 3 is 2.67 bits per heavy atom. The summed E-state index contributed by atoms with van der Waals surface area (Å²) in [6, 6.07) is 8.49. The molecule has 1 aliphatic rings. The Balaban J connectivity index is 1.97. The lowest BCUT2D eigenvalue weighted by atomic mass is 10.1. The van der Waals surface area contributed by atoms with E-state index >= 15 is 0 Å². The minimum Gasteiger partial charge on any atom is -0.459 e. The highest BCUT2D eigenvalue weighted by atomic mass is 32.2. The molecule has 7 heteroatoms. The summed E-state index contributed by atoms with van der Waals surface area (Å²) in [6.45, 7) is 0.395. The Labute approximate surface area is 124 Å². The lowest BCUT2D eigenvalue weighted by molar-refractivity contribution is -0.0232. The molecular weight excluding hydrogens is 296 g/mol. The van der Waals surface area contributed by atoms with Gasteiger partial charge in [-0.2, -0.15) is 8.42 Å². The second-order valence-electron chi connectivity index (χ2n) is 4.85. The van der Waals surface area contributed by atoms with Gasteiger partial charge in [-0.15, -0.1) is 0 Å². The number of hydrogen-bond acceptors (Lipinski definition) is 6. The molecule has 0 bridgehead atoms.